The molecule has 0 saturated carbocycles. The summed E-state index contributed by atoms with van der Waals surface area (Å²) >= 11 is 0. The van der Waals surface area contributed by atoms with Gasteiger partial charge in [0.05, 0.1) is 17.7 Å². The summed E-state index contributed by atoms with van der Waals surface area (Å²) in [5.74, 6) is 0.225. The maximum absolute atomic E-state index is 12.6. The van der Waals surface area contributed by atoms with Gasteiger partial charge in [-0.05, 0) is 55.8 Å². The van der Waals surface area contributed by atoms with Crippen molar-refractivity contribution < 1.29 is 17.9 Å². The molecule has 2 aromatic rings. The monoisotopic (exact) mass is 389 g/mol. The number of amides is 1. The molecule has 1 saturated heterocycles. The summed E-state index contributed by atoms with van der Waals surface area (Å²) in [4.78, 5) is 12.4. The van der Waals surface area contributed by atoms with Crippen LogP contribution in [-0.4, -0.2) is 40.6 Å². The lowest BCUT2D eigenvalue weighted by atomic mass is 10.1. The van der Waals surface area contributed by atoms with Crippen LogP contribution >= 0.6 is 0 Å². The van der Waals surface area contributed by atoms with Crippen LogP contribution in [0, 0.1) is 0 Å². The van der Waals surface area contributed by atoms with E-state index in [4.69, 9.17) is 4.74 Å². The van der Waals surface area contributed by atoms with Crippen molar-refractivity contribution in [2.75, 3.05) is 24.9 Å². The molecule has 2 aromatic carbocycles. The third kappa shape index (κ3) is 4.78. The van der Waals surface area contributed by atoms with E-state index >= 15 is 0 Å². The number of para-hydroxylation sites is 2. The predicted molar refractivity (Wildman–Crippen MR) is 104 cm³/mol. The molecular formula is C19H23N3O4S. The third-order valence-electron chi connectivity index (χ3n) is 4.41. The summed E-state index contributed by atoms with van der Waals surface area (Å²) in [7, 11) is -2.31. The average Bonchev–Trinajstić information content (AvgIpc) is 2.69. The number of hydrogen-bond acceptors (Lipinski definition) is 5. The molecule has 1 aliphatic rings. The Hall–Kier alpha value is -2.58. The van der Waals surface area contributed by atoms with E-state index in [0.29, 0.717) is 17.0 Å². The topological polar surface area (TPSA) is 96.5 Å². The molecule has 27 heavy (non-hydrogen) atoms. The zero-order valence-electron chi connectivity index (χ0n) is 15.1. The lowest BCUT2D eigenvalue weighted by Gasteiger charge is -2.23. The minimum absolute atomic E-state index is 0.0734. The lowest BCUT2D eigenvalue weighted by Crippen LogP contribution is -2.45. The van der Waals surface area contributed by atoms with Crippen LogP contribution in [0.15, 0.2) is 53.4 Å². The Bertz CT molecular complexity index is 891. The number of ether oxygens (including phenoxy) is 1. The second-order valence-corrected chi connectivity index (χ2v) is 8.03. The Labute approximate surface area is 159 Å². The average molecular weight is 389 g/mol. The number of benzene rings is 2. The fourth-order valence-corrected chi connectivity index (χ4v) is 4.03. The second kappa shape index (κ2) is 8.41. The molecule has 1 heterocycles. The van der Waals surface area contributed by atoms with Crippen LogP contribution in [-0.2, 0) is 10.0 Å². The van der Waals surface area contributed by atoms with Gasteiger partial charge < -0.3 is 15.4 Å². The molecule has 3 rings (SSSR count). The number of piperidine rings is 1. The fourth-order valence-electron chi connectivity index (χ4n) is 2.96. The van der Waals surface area contributed by atoms with Crippen LogP contribution in [0.1, 0.15) is 23.2 Å². The van der Waals surface area contributed by atoms with Gasteiger partial charge in [0.2, 0.25) is 0 Å². The molecule has 0 aromatic heterocycles. The summed E-state index contributed by atoms with van der Waals surface area (Å²) in [6, 6.07) is 12.7. The van der Waals surface area contributed by atoms with Crippen molar-refractivity contribution >= 4 is 21.6 Å². The summed E-state index contributed by atoms with van der Waals surface area (Å²) in [6.45, 7) is 1.72. The first-order chi connectivity index (χ1) is 13.0. The SMILES string of the molecule is COc1ccccc1NS(=O)(=O)c1ccc(C(=O)NC2CCCNC2)cc1. The van der Waals surface area contributed by atoms with Gasteiger partial charge in [-0.15, -0.1) is 0 Å². The van der Waals surface area contributed by atoms with E-state index in [2.05, 4.69) is 15.4 Å². The van der Waals surface area contributed by atoms with Crippen LogP contribution in [0.4, 0.5) is 5.69 Å². The van der Waals surface area contributed by atoms with Gasteiger partial charge in [-0.25, -0.2) is 8.42 Å². The van der Waals surface area contributed by atoms with Crippen molar-refractivity contribution in [1.82, 2.24) is 10.6 Å². The molecular weight excluding hydrogens is 366 g/mol. The first kappa shape index (κ1) is 19.2. The highest BCUT2D eigenvalue weighted by molar-refractivity contribution is 7.92. The van der Waals surface area contributed by atoms with Crippen molar-refractivity contribution in [3.63, 3.8) is 0 Å². The smallest absolute Gasteiger partial charge is 0.262 e. The first-order valence-corrected chi connectivity index (χ1v) is 10.3. The van der Waals surface area contributed by atoms with Gasteiger partial charge in [0.15, 0.2) is 0 Å². The Kier molecular flexibility index (Phi) is 5.98. The third-order valence-corrected chi connectivity index (χ3v) is 5.79. The van der Waals surface area contributed by atoms with Crippen LogP contribution in [0.5, 0.6) is 5.75 Å². The Morgan fingerprint density at radius 3 is 2.56 bits per heavy atom. The van der Waals surface area contributed by atoms with Crippen LogP contribution in [0.25, 0.3) is 0 Å². The number of carbonyl (C=O) groups is 1. The standard InChI is InChI=1S/C19H23N3O4S/c1-26-18-7-3-2-6-17(18)22-27(24,25)16-10-8-14(9-11-16)19(23)21-15-5-4-12-20-13-15/h2-3,6-11,15,20,22H,4-5,12-13H2,1H3,(H,21,23). The highest BCUT2D eigenvalue weighted by atomic mass is 32.2. The van der Waals surface area contributed by atoms with Crippen molar-refractivity contribution in [2.24, 2.45) is 0 Å². The van der Waals surface area contributed by atoms with E-state index in [1.807, 2.05) is 0 Å². The maximum atomic E-state index is 12.6. The molecule has 0 spiro atoms. The quantitative estimate of drug-likeness (QED) is 0.702. The summed E-state index contributed by atoms with van der Waals surface area (Å²) in [5.41, 5.74) is 0.781. The van der Waals surface area contributed by atoms with Gasteiger partial charge >= 0.3 is 0 Å². The Morgan fingerprint density at radius 2 is 1.89 bits per heavy atom. The van der Waals surface area contributed by atoms with Gasteiger partial charge in [0.25, 0.3) is 15.9 Å². The van der Waals surface area contributed by atoms with Gasteiger partial charge in [-0.3, -0.25) is 9.52 Å². The summed E-state index contributed by atoms with van der Waals surface area (Å²) in [5, 5.41) is 6.21. The molecule has 1 unspecified atom stereocenters. The number of nitrogens with one attached hydrogen (secondary N) is 3. The van der Waals surface area contributed by atoms with E-state index in [1.54, 1.807) is 24.3 Å². The number of rotatable bonds is 6. The zero-order valence-corrected chi connectivity index (χ0v) is 15.9. The van der Waals surface area contributed by atoms with E-state index in [1.165, 1.54) is 31.4 Å². The summed E-state index contributed by atoms with van der Waals surface area (Å²) in [6.07, 6.45) is 1.96. The van der Waals surface area contributed by atoms with Crippen molar-refractivity contribution in [3.05, 3.63) is 54.1 Å². The van der Waals surface area contributed by atoms with Gasteiger partial charge in [-0.1, -0.05) is 12.1 Å². The molecule has 0 bridgehead atoms. The molecule has 1 atom stereocenters. The normalized spacial score (nSPS) is 17.1. The number of methoxy groups -OCH3 is 1. The number of sulfonamides is 1. The minimum Gasteiger partial charge on any atom is -0.495 e. The number of carbonyl (C=O) groups excluding carboxylic acids is 1. The molecule has 3 N–H and O–H groups in total. The minimum atomic E-state index is -3.79. The lowest BCUT2D eigenvalue weighted by molar-refractivity contribution is 0.0930. The van der Waals surface area contributed by atoms with E-state index in [-0.39, 0.29) is 16.8 Å². The van der Waals surface area contributed by atoms with E-state index in [9.17, 15) is 13.2 Å². The molecule has 144 valence electrons. The molecule has 1 aliphatic heterocycles. The molecule has 0 radical (unpaired) electrons. The highest BCUT2D eigenvalue weighted by Gasteiger charge is 2.19. The predicted octanol–water partition coefficient (Wildman–Crippen LogP) is 1.98. The number of hydrogen-bond donors (Lipinski definition) is 3. The molecule has 8 heteroatoms. The Balaban J connectivity index is 1.70. The van der Waals surface area contributed by atoms with E-state index < -0.39 is 10.0 Å². The maximum Gasteiger partial charge on any atom is 0.262 e. The van der Waals surface area contributed by atoms with Gasteiger partial charge in [0.1, 0.15) is 5.75 Å². The molecule has 1 fully saturated rings. The molecule has 0 aliphatic carbocycles. The largest absolute Gasteiger partial charge is 0.495 e. The van der Waals surface area contributed by atoms with Gasteiger partial charge in [0, 0.05) is 18.2 Å². The Morgan fingerprint density at radius 1 is 1.15 bits per heavy atom. The number of anilines is 1. The molecule has 1 amide bonds. The van der Waals surface area contributed by atoms with Crippen molar-refractivity contribution in [1.29, 1.82) is 0 Å². The fraction of sp³-hybridized carbons (Fsp3) is 0.316. The van der Waals surface area contributed by atoms with Gasteiger partial charge in [-0.2, -0.15) is 0 Å². The van der Waals surface area contributed by atoms with Crippen LogP contribution in [0.2, 0.25) is 0 Å². The van der Waals surface area contributed by atoms with Crippen molar-refractivity contribution in [3.8, 4) is 5.75 Å². The first-order valence-electron chi connectivity index (χ1n) is 8.77. The second-order valence-electron chi connectivity index (χ2n) is 6.35. The van der Waals surface area contributed by atoms with Crippen LogP contribution in [0.3, 0.4) is 0 Å². The van der Waals surface area contributed by atoms with E-state index in [0.717, 1.165) is 25.9 Å². The van der Waals surface area contributed by atoms with Crippen LogP contribution < -0.4 is 20.1 Å². The summed E-state index contributed by atoms with van der Waals surface area (Å²) < 4.78 is 32.9. The highest BCUT2D eigenvalue weighted by Crippen LogP contribution is 2.26. The van der Waals surface area contributed by atoms with Crippen molar-refractivity contribution in [2.45, 2.75) is 23.8 Å². The zero-order chi connectivity index (χ0) is 19.3. The molecule has 7 nitrogen and oxygen atoms in total.